The van der Waals surface area contributed by atoms with Gasteiger partial charge in [0.2, 0.25) is 0 Å². The van der Waals surface area contributed by atoms with E-state index in [1.54, 1.807) is 0 Å². The van der Waals surface area contributed by atoms with Crippen LogP contribution in [0.15, 0.2) is 132 Å². The number of hydrogen-bond donors (Lipinski definition) is 0. The molecule has 0 saturated heterocycles. The van der Waals surface area contributed by atoms with Crippen LogP contribution >= 0.6 is 0 Å². The first-order valence-electron chi connectivity index (χ1n) is 12.1. The molecule has 2 unspecified atom stereocenters. The minimum absolute atomic E-state index is 0.0497. The van der Waals surface area contributed by atoms with Gasteiger partial charge in [0.25, 0.3) is 0 Å². The van der Waals surface area contributed by atoms with Crippen molar-refractivity contribution in [2.75, 3.05) is 0 Å². The molecule has 0 heterocycles. The number of benzene rings is 4. The van der Waals surface area contributed by atoms with E-state index in [4.69, 9.17) is 5.63 Å². The Morgan fingerprint density at radius 2 is 0.943 bits per heavy atom. The standard InChI is InChI=1S/2C9H7.2C6H6O.C2H3.Zr/c2*1-2-5-9-7-3-6-8(9)4-1;2*7-6-4-2-1-3-5-6;1-2;/h2*1-7H;2*1-5,7H;1H,2H2;/q;;;;;+2/p-2. The van der Waals surface area contributed by atoms with Crippen LogP contribution in [0.3, 0.4) is 0 Å². The monoisotopic (exact) mass is 533 g/mol. The average Bonchev–Trinajstić information content (AvgIpc) is 3.56. The van der Waals surface area contributed by atoms with Crippen molar-refractivity contribution in [1.82, 2.24) is 0 Å². The molecular weight excluding hydrogens is 508 g/mol. The Balaban J connectivity index is 1.67. The van der Waals surface area contributed by atoms with Gasteiger partial charge in [-0.1, -0.05) is 0 Å². The second-order valence-corrected chi connectivity index (χ2v) is 20.7. The molecule has 171 valence electrons. The van der Waals surface area contributed by atoms with Crippen LogP contribution in [0.2, 0.25) is 0 Å². The molecule has 0 amide bonds. The fraction of sp³-hybridized carbons (Fsp3) is 0.0625. The first kappa shape index (κ1) is 22.1. The van der Waals surface area contributed by atoms with Crippen molar-refractivity contribution in [2.24, 2.45) is 0 Å². The third-order valence-electron chi connectivity index (χ3n) is 7.39. The third-order valence-corrected chi connectivity index (χ3v) is 21.2. The molecule has 0 fully saturated rings. The van der Waals surface area contributed by atoms with Crippen LogP contribution in [-0.2, 0) is 19.7 Å². The molecule has 4 aromatic carbocycles. The van der Waals surface area contributed by atoms with Crippen LogP contribution in [0, 0.1) is 0 Å². The van der Waals surface area contributed by atoms with E-state index in [1.807, 2.05) is 60.7 Å². The Hall–Kier alpha value is -3.42. The maximum absolute atomic E-state index is 7.39. The molecule has 2 atom stereocenters. The molecule has 35 heavy (non-hydrogen) atoms. The summed E-state index contributed by atoms with van der Waals surface area (Å²) in [6.45, 7) is 4.51. The molecule has 0 aromatic heterocycles. The van der Waals surface area contributed by atoms with Crippen LogP contribution in [0.1, 0.15) is 29.5 Å². The van der Waals surface area contributed by atoms with Crippen LogP contribution < -0.4 is 5.63 Å². The molecule has 2 aliphatic rings. The van der Waals surface area contributed by atoms with Crippen molar-refractivity contribution in [3.05, 3.63) is 154 Å². The van der Waals surface area contributed by atoms with Gasteiger partial charge in [-0.15, -0.1) is 0 Å². The Morgan fingerprint density at radius 1 is 0.543 bits per heavy atom. The van der Waals surface area contributed by atoms with Crippen LogP contribution in [0.5, 0.6) is 11.5 Å². The van der Waals surface area contributed by atoms with Crippen molar-refractivity contribution in [1.29, 1.82) is 0 Å². The van der Waals surface area contributed by atoms with Crippen molar-refractivity contribution in [3.8, 4) is 11.5 Å². The zero-order valence-electron chi connectivity index (χ0n) is 19.5. The molecule has 6 rings (SSSR count). The summed E-state index contributed by atoms with van der Waals surface area (Å²) in [5.41, 5.74) is 4.90. The molecule has 2 nitrogen and oxygen atoms in total. The zero-order chi connectivity index (χ0) is 23.7. The Kier molecular flexibility index (Phi) is 5.46. The minimum atomic E-state index is -5.17. The van der Waals surface area contributed by atoms with E-state index in [9.17, 15) is 0 Å². The number of allylic oxidation sites excluding steroid dienone is 2. The second-order valence-electron chi connectivity index (χ2n) is 9.26. The quantitative estimate of drug-likeness (QED) is 0.237. The van der Waals surface area contributed by atoms with Gasteiger partial charge >= 0.3 is 210 Å². The first-order valence-corrected chi connectivity index (χ1v) is 18.3. The Bertz CT molecular complexity index is 1330. The molecule has 0 aliphatic heterocycles. The van der Waals surface area contributed by atoms with Gasteiger partial charge in [0.05, 0.1) is 0 Å². The molecule has 0 bridgehead atoms. The zero-order valence-corrected chi connectivity index (χ0v) is 21.9. The third kappa shape index (κ3) is 3.49. The Morgan fingerprint density at radius 3 is 1.37 bits per heavy atom. The first-order chi connectivity index (χ1) is 17.2. The summed E-state index contributed by atoms with van der Waals surface area (Å²) in [7, 11) is 0. The molecule has 3 heteroatoms. The van der Waals surface area contributed by atoms with Crippen LogP contribution in [0.25, 0.3) is 12.2 Å². The van der Waals surface area contributed by atoms with Gasteiger partial charge in [-0.25, -0.2) is 0 Å². The van der Waals surface area contributed by atoms with Gasteiger partial charge in [-0.2, -0.15) is 0 Å². The summed E-state index contributed by atoms with van der Waals surface area (Å²) in [5, 5.41) is 0. The van der Waals surface area contributed by atoms with Gasteiger partial charge in [0.15, 0.2) is 0 Å². The van der Waals surface area contributed by atoms with E-state index >= 15 is 0 Å². The summed E-state index contributed by atoms with van der Waals surface area (Å²) >= 11 is -5.17. The summed E-state index contributed by atoms with van der Waals surface area (Å²) in [5.74, 6) is 1.62. The van der Waals surface area contributed by atoms with Crippen molar-refractivity contribution >= 4 is 12.2 Å². The van der Waals surface area contributed by atoms with Crippen LogP contribution in [0.4, 0.5) is 0 Å². The van der Waals surface area contributed by atoms with Gasteiger partial charge in [0, 0.05) is 0 Å². The second kappa shape index (κ2) is 8.66. The SMILES string of the molecule is C=[CH][Zr]([O]c1ccccc1)([O]c1ccccc1)([CH]1C=Cc2ccccc21)[CH]1C=Cc2ccccc21. The number of rotatable bonds is 7. The summed E-state index contributed by atoms with van der Waals surface area (Å²) < 4.78 is 16.8. The normalized spacial score (nSPS) is 18.8. The molecule has 2 aliphatic carbocycles. The fourth-order valence-electron chi connectivity index (χ4n) is 5.78. The molecular formula is C32H27O2Zr. The number of hydrogen-bond acceptors (Lipinski definition) is 2. The van der Waals surface area contributed by atoms with Crippen LogP contribution in [-0.4, -0.2) is 0 Å². The summed E-state index contributed by atoms with van der Waals surface area (Å²) in [6.07, 6.45) is 9.00. The van der Waals surface area contributed by atoms with E-state index in [1.165, 1.54) is 22.3 Å². The van der Waals surface area contributed by atoms with Gasteiger partial charge < -0.3 is 0 Å². The van der Waals surface area contributed by atoms with E-state index in [-0.39, 0.29) is 7.25 Å². The molecule has 0 N–H and O–H groups in total. The number of fused-ring (bicyclic) bond motifs is 2. The Labute approximate surface area is 209 Å². The molecule has 0 radical (unpaired) electrons. The van der Waals surface area contributed by atoms with Crippen molar-refractivity contribution in [3.63, 3.8) is 0 Å². The average molecular weight is 535 g/mol. The number of para-hydroxylation sites is 2. The van der Waals surface area contributed by atoms with Gasteiger partial charge in [-0.3, -0.25) is 0 Å². The van der Waals surface area contributed by atoms with Gasteiger partial charge in [0.1, 0.15) is 0 Å². The van der Waals surface area contributed by atoms with Crippen molar-refractivity contribution < 1.29 is 25.3 Å². The predicted octanol–water partition coefficient (Wildman–Crippen LogP) is 8.34. The molecule has 0 saturated carbocycles. The fourth-order valence-corrected chi connectivity index (χ4v) is 19.5. The van der Waals surface area contributed by atoms with E-state index in [2.05, 4.69) is 83.2 Å². The van der Waals surface area contributed by atoms with Gasteiger partial charge in [-0.05, 0) is 0 Å². The van der Waals surface area contributed by atoms with E-state index in [0.29, 0.717) is 0 Å². The topological polar surface area (TPSA) is 18.5 Å². The van der Waals surface area contributed by atoms with E-state index in [0.717, 1.165) is 11.5 Å². The van der Waals surface area contributed by atoms with E-state index < -0.39 is 19.7 Å². The molecule has 4 aromatic rings. The summed E-state index contributed by atoms with van der Waals surface area (Å²) in [6, 6.07) is 37.4. The summed E-state index contributed by atoms with van der Waals surface area (Å²) in [4.78, 5) is 0. The van der Waals surface area contributed by atoms with Crippen molar-refractivity contribution in [2.45, 2.75) is 7.25 Å². The predicted molar refractivity (Wildman–Crippen MR) is 141 cm³/mol. The molecule has 0 spiro atoms. The maximum atomic E-state index is 7.39.